The van der Waals surface area contributed by atoms with Gasteiger partial charge in [-0.25, -0.2) is 0 Å². The Kier molecular flexibility index (Phi) is 8.87. The van der Waals surface area contributed by atoms with Crippen molar-refractivity contribution in [1.82, 2.24) is 0 Å². The first-order chi connectivity index (χ1) is 15.6. The largest absolute Gasteiger partial charge is 0.492 e. The Labute approximate surface area is 197 Å². The van der Waals surface area contributed by atoms with Crippen LogP contribution in [0.25, 0.3) is 0 Å². The summed E-state index contributed by atoms with van der Waals surface area (Å²) in [6.07, 6.45) is 4.56. The van der Waals surface area contributed by atoms with Crippen molar-refractivity contribution in [3.63, 3.8) is 0 Å². The van der Waals surface area contributed by atoms with Gasteiger partial charge in [-0.3, -0.25) is 9.59 Å². The third-order valence-corrected chi connectivity index (χ3v) is 5.48. The summed E-state index contributed by atoms with van der Waals surface area (Å²) in [4.78, 5) is 25.2. The smallest absolute Gasteiger partial charge is 0.255 e. The highest BCUT2D eigenvalue weighted by atomic mass is 79.9. The maximum atomic E-state index is 12.7. The Hall–Kier alpha value is -3.12. The van der Waals surface area contributed by atoms with E-state index in [0.29, 0.717) is 29.1 Å². The molecule has 32 heavy (non-hydrogen) atoms. The van der Waals surface area contributed by atoms with Crippen LogP contribution in [0.4, 0.5) is 11.4 Å². The average molecular weight is 495 g/mol. The monoisotopic (exact) mass is 494 g/mol. The molecule has 5 nitrogen and oxygen atoms in total. The first kappa shape index (κ1) is 23.5. The third kappa shape index (κ3) is 6.95. The van der Waals surface area contributed by atoms with E-state index >= 15 is 0 Å². The van der Waals surface area contributed by atoms with E-state index < -0.39 is 0 Å². The number of hydrogen-bond acceptors (Lipinski definition) is 3. The van der Waals surface area contributed by atoms with Gasteiger partial charge in [-0.2, -0.15) is 0 Å². The summed E-state index contributed by atoms with van der Waals surface area (Å²) in [5, 5.41) is 5.69. The fraction of sp³-hybridized carbons (Fsp3) is 0.231. The van der Waals surface area contributed by atoms with Gasteiger partial charge in [-0.05, 0) is 70.9 Å². The number of unbranched alkanes of at least 4 members (excludes halogenated alkanes) is 3. The molecule has 0 unspecified atom stereocenters. The van der Waals surface area contributed by atoms with Gasteiger partial charge in [0.25, 0.3) is 11.8 Å². The van der Waals surface area contributed by atoms with E-state index in [-0.39, 0.29) is 11.8 Å². The molecule has 166 valence electrons. The van der Waals surface area contributed by atoms with E-state index in [1.807, 2.05) is 30.3 Å². The Morgan fingerprint density at radius 1 is 0.781 bits per heavy atom. The summed E-state index contributed by atoms with van der Waals surface area (Å²) in [6.45, 7) is 2.83. The van der Waals surface area contributed by atoms with Crippen LogP contribution in [0.1, 0.15) is 53.3 Å². The number of nitrogens with one attached hydrogen (secondary N) is 2. The van der Waals surface area contributed by atoms with E-state index in [2.05, 4.69) is 33.5 Å². The zero-order valence-corrected chi connectivity index (χ0v) is 19.7. The van der Waals surface area contributed by atoms with Crippen molar-refractivity contribution in [2.75, 3.05) is 17.2 Å². The standard InChI is InChI=1S/C26H27BrN2O3/c1-2-3-4-8-16-32-24-15-14-20(18-23(24)27)26(31)29-22-13-9-10-19(17-22)25(30)28-21-11-6-5-7-12-21/h5-7,9-15,17-18H,2-4,8,16H2,1H3,(H,28,30)(H,29,31). The molecule has 0 fully saturated rings. The second kappa shape index (κ2) is 12.1. The predicted octanol–water partition coefficient (Wildman–Crippen LogP) is 6.91. The van der Waals surface area contributed by atoms with Gasteiger partial charge in [-0.15, -0.1) is 0 Å². The highest BCUT2D eigenvalue weighted by Gasteiger charge is 2.12. The van der Waals surface area contributed by atoms with Crippen LogP contribution < -0.4 is 15.4 Å². The van der Waals surface area contributed by atoms with E-state index in [0.717, 1.165) is 23.1 Å². The molecule has 0 saturated heterocycles. The molecule has 2 N–H and O–H groups in total. The van der Waals surface area contributed by atoms with E-state index in [4.69, 9.17) is 4.74 Å². The van der Waals surface area contributed by atoms with Gasteiger partial charge in [0.15, 0.2) is 0 Å². The molecular weight excluding hydrogens is 468 g/mol. The highest BCUT2D eigenvalue weighted by molar-refractivity contribution is 9.10. The van der Waals surface area contributed by atoms with Crippen molar-refractivity contribution in [2.45, 2.75) is 32.6 Å². The van der Waals surface area contributed by atoms with Crippen LogP contribution in [0.15, 0.2) is 77.3 Å². The molecule has 0 atom stereocenters. The van der Waals surface area contributed by atoms with Crippen molar-refractivity contribution < 1.29 is 14.3 Å². The first-order valence-corrected chi connectivity index (χ1v) is 11.6. The highest BCUT2D eigenvalue weighted by Crippen LogP contribution is 2.27. The van der Waals surface area contributed by atoms with Gasteiger partial charge in [0.05, 0.1) is 11.1 Å². The zero-order valence-electron chi connectivity index (χ0n) is 18.1. The molecule has 3 rings (SSSR count). The first-order valence-electron chi connectivity index (χ1n) is 10.8. The molecule has 0 aliphatic rings. The third-order valence-electron chi connectivity index (χ3n) is 4.86. The predicted molar refractivity (Wildman–Crippen MR) is 133 cm³/mol. The second-order valence-corrected chi connectivity index (χ2v) is 8.26. The molecule has 0 bridgehead atoms. The summed E-state index contributed by atoms with van der Waals surface area (Å²) in [6, 6.07) is 21.3. The topological polar surface area (TPSA) is 67.4 Å². The minimum atomic E-state index is -0.263. The molecule has 0 heterocycles. The maximum absolute atomic E-state index is 12.7. The van der Waals surface area contributed by atoms with Crippen LogP contribution in [0.5, 0.6) is 5.75 Å². The SMILES string of the molecule is CCCCCCOc1ccc(C(=O)Nc2cccc(C(=O)Nc3ccccc3)c2)cc1Br. The molecule has 0 aliphatic carbocycles. The number of hydrogen-bond donors (Lipinski definition) is 2. The molecule has 0 radical (unpaired) electrons. The van der Waals surface area contributed by atoms with Gasteiger partial charge in [0.1, 0.15) is 5.75 Å². The lowest BCUT2D eigenvalue weighted by atomic mass is 10.1. The van der Waals surface area contributed by atoms with Crippen molar-refractivity contribution in [1.29, 1.82) is 0 Å². The van der Waals surface area contributed by atoms with Crippen LogP contribution in [-0.2, 0) is 0 Å². The number of ether oxygens (including phenoxy) is 1. The summed E-state index contributed by atoms with van der Waals surface area (Å²) < 4.78 is 6.54. The number of amides is 2. The van der Waals surface area contributed by atoms with Crippen molar-refractivity contribution in [2.24, 2.45) is 0 Å². The number of rotatable bonds is 10. The summed E-state index contributed by atoms with van der Waals surface area (Å²) in [7, 11) is 0. The van der Waals surface area contributed by atoms with Crippen molar-refractivity contribution in [3.05, 3.63) is 88.4 Å². The van der Waals surface area contributed by atoms with Crippen LogP contribution in [0, 0.1) is 0 Å². The van der Waals surface area contributed by atoms with E-state index in [1.165, 1.54) is 12.8 Å². The van der Waals surface area contributed by atoms with Crippen LogP contribution in [0.2, 0.25) is 0 Å². The van der Waals surface area contributed by atoms with Crippen molar-refractivity contribution in [3.8, 4) is 5.75 Å². The minimum absolute atomic E-state index is 0.240. The van der Waals surface area contributed by atoms with E-state index in [1.54, 1.807) is 42.5 Å². The van der Waals surface area contributed by atoms with Crippen LogP contribution in [-0.4, -0.2) is 18.4 Å². The normalized spacial score (nSPS) is 10.4. The van der Waals surface area contributed by atoms with Crippen LogP contribution >= 0.6 is 15.9 Å². The fourth-order valence-corrected chi connectivity index (χ4v) is 3.63. The fourth-order valence-electron chi connectivity index (χ4n) is 3.14. The molecule has 3 aromatic carbocycles. The lowest BCUT2D eigenvalue weighted by molar-refractivity contribution is 0.101. The average Bonchev–Trinajstić information content (AvgIpc) is 2.80. The van der Waals surface area contributed by atoms with Gasteiger partial charge in [-0.1, -0.05) is 50.5 Å². The maximum Gasteiger partial charge on any atom is 0.255 e. The molecular formula is C26H27BrN2O3. The molecule has 0 aliphatic heterocycles. The van der Waals surface area contributed by atoms with Crippen LogP contribution in [0.3, 0.4) is 0 Å². The lowest BCUT2D eigenvalue weighted by Crippen LogP contribution is -2.14. The Morgan fingerprint density at radius 3 is 2.19 bits per heavy atom. The number of benzene rings is 3. The second-order valence-electron chi connectivity index (χ2n) is 7.41. The molecule has 0 spiro atoms. The summed E-state index contributed by atoms with van der Waals surface area (Å²) in [5.41, 5.74) is 2.21. The van der Waals surface area contributed by atoms with Gasteiger partial charge < -0.3 is 15.4 Å². The van der Waals surface area contributed by atoms with Gasteiger partial charge in [0, 0.05) is 22.5 Å². The quantitative estimate of drug-likeness (QED) is 0.300. The van der Waals surface area contributed by atoms with Gasteiger partial charge in [0.2, 0.25) is 0 Å². The number of halogens is 1. The number of carbonyl (C=O) groups is 2. The Morgan fingerprint density at radius 2 is 1.47 bits per heavy atom. The molecule has 3 aromatic rings. The number of carbonyl (C=O) groups excluding carboxylic acids is 2. The summed E-state index contributed by atoms with van der Waals surface area (Å²) >= 11 is 3.49. The Bertz CT molecular complexity index is 1050. The van der Waals surface area contributed by atoms with E-state index in [9.17, 15) is 9.59 Å². The lowest BCUT2D eigenvalue weighted by Gasteiger charge is -2.11. The Balaban J connectivity index is 1.60. The van der Waals surface area contributed by atoms with Crippen molar-refractivity contribution >= 4 is 39.1 Å². The number of anilines is 2. The molecule has 0 aromatic heterocycles. The molecule has 0 saturated carbocycles. The van der Waals surface area contributed by atoms with Gasteiger partial charge >= 0.3 is 0 Å². The molecule has 6 heteroatoms. The summed E-state index contributed by atoms with van der Waals surface area (Å²) in [5.74, 6) is 0.217. The molecule has 2 amide bonds. The minimum Gasteiger partial charge on any atom is -0.492 e. The zero-order chi connectivity index (χ0) is 22.8. The number of para-hydroxylation sites is 1.